The number of hydrogen-bond donors (Lipinski definition) is 2. The van der Waals surface area contributed by atoms with Gasteiger partial charge in [-0.1, -0.05) is 12.1 Å². The number of primary sulfonamides is 1. The first-order valence-corrected chi connectivity index (χ1v) is 8.96. The molecule has 6 nitrogen and oxygen atoms in total. The van der Waals surface area contributed by atoms with E-state index in [1.54, 1.807) is 12.1 Å². The smallest absolute Gasteiger partial charge is 0.238 e. The Morgan fingerprint density at radius 1 is 1.23 bits per heavy atom. The number of nitrogens with two attached hydrogens (primary N) is 1. The first-order valence-electron chi connectivity index (χ1n) is 7.41. The molecule has 7 heteroatoms. The van der Waals surface area contributed by atoms with Crippen LogP contribution < -0.4 is 10.5 Å². The fourth-order valence-electron chi connectivity index (χ4n) is 2.48. The van der Waals surface area contributed by atoms with Crippen molar-refractivity contribution in [3.63, 3.8) is 0 Å². The topological polar surface area (TPSA) is 98.5 Å². The molecular weight excluding hydrogens is 304 g/mol. The van der Waals surface area contributed by atoms with Gasteiger partial charge in [-0.05, 0) is 42.9 Å². The molecule has 0 atom stereocenters. The van der Waals surface area contributed by atoms with Crippen LogP contribution in [0.25, 0.3) is 0 Å². The SMILES string of the molecule is NS(=O)(=O)c1ccc(CCNC(=O)CC2CCOCC2)cc1. The Balaban J connectivity index is 1.72. The number of ether oxygens (including phenoxy) is 1. The molecule has 0 aliphatic carbocycles. The van der Waals surface area contributed by atoms with E-state index in [2.05, 4.69) is 5.32 Å². The third kappa shape index (κ3) is 5.40. The first kappa shape index (κ1) is 16.9. The predicted octanol–water partition coefficient (Wildman–Crippen LogP) is 0.809. The van der Waals surface area contributed by atoms with Crippen molar-refractivity contribution in [1.29, 1.82) is 0 Å². The first-order chi connectivity index (χ1) is 10.4. The number of nitrogens with one attached hydrogen (secondary N) is 1. The summed E-state index contributed by atoms with van der Waals surface area (Å²) >= 11 is 0. The summed E-state index contributed by atoms with van der Waals surface area (Å²) in [6, 6.07) is 6.39. The molecule has 1 aliphatic rings. The van der Waals surface area contributed by atoms with Gasteiger partial charge in [-0.2, -0.15) is 0 Å². The molecule has 0 spiro atoms. The van der Waals surface area contributed by atoms with E-state index in [-0.39, 0.29) is 10.8 Å². The van der Waals surface area contributed by atoms with Gasteiger partial charge < -0.3 is 10.1 Å². The van der Waals surface area contributed by atoms with Crippen LogP contribution in [-0.2, 0) is 26.0 Å². The predicted molar refractivity (Wildman–Crippen MR) is 82.7 cm³/mol. The second-order valence-electron chi connectivity index (χ2n) is 5.55. The fraction of sp³-hybridized carbons (Fsp3) is 0.533. The summed E-state index contributed by atoms with van der Waals surface area (Å²) in [6.45, 7) is 2.03. The Morgan fingerprint density at radius 2 is 1.86 bits per heavy atom. The van der Waals surface area contributed by atoms with Gasteiger partial charge in [0.1, 0.15) is 0 Å². The summed E-state index contributed by atoms with van der Waals surface area (Å²) < 4.78 is 27.6. The summed E-state index contributed by atoms with van der Waals surface area (Å²) in [5, 5.41) is 7.94. The molecule has 0 unspecified atom stereocenters. The van der Waals surface area contributed by atoms with Crippen molar-refractivity contribution < 1.29 is 17.9 Å². The Labute approximate surface area is 131 Å². The number of amides is 1. The van der Waals surface area contributed by atoms with Crippen LogP contribution in [0.2, 0.25) is 0 Å². The molecule has 3 N–H and O–H groups in total. The van der Waals surface area contributed by atoms with Gasteiger partial charge in [-0.25, -0.2) is 13.6 Å². The molecule has 122 valence electrons. The molecule has 1 amide bonds. The van der Waals surface area contributed by atoms with E-state index in [4.69, 9.17) is 9.88 Å². The molecule has 1 saturated heterocycles. The molecule has 1 fully saturated rings. The van der Waals surface area contributed by atoms with Crippen LogP contribution in [0, 0.1) is 5.92 Å². The lowest BCUT2D eigenvalue weighted by Gasteiger charge is -2.21. The summed E-state index contributed by atoms with van der Waals surface area (Å²) in [5.74, 6) is 0.482. The van der Waals surface area contributed by atoms with Gasteiger partial charge >= 0.3 is 0 Å². The van der Waals surface area contributed by atoms with E-state index in [0.29, 0.717) is 25.3 Å². The second kappa shape index (κ2) is 7.71. The molecule has 1 heterocycles. The summed E-state index contributed by atoms with van der Waals surface area (Å²) in [6.07, 6.45) is 3.10. The van der Waals surface area contributed by atoms with Gasteiger partial charge in [-0.3, -0.25) is 4.79 Å². The molecule has 1 aromatic carbocycles. The maximum Gasteiger partial charge on any atom is 0.238 e. The Morgan fingerprint density at radius 3 is 2.45 bits per heavy atom. The summed E-state index contributed by atoms with van der Waals surface area (Å²) in [5.41, 5.74) is 0.957. The van der Waals surface area contributed by atoms with E-state index in [1.165, 1.54) is 12.1 Å². The largest absolute Gasteiger partial charge is 0.381 e. The lowest BCUT2D eigenvalue weighted by atomic mass is 9.96. The van der Waals surface area contributed by atoms with Crippen LogP contribution in [0.5, 0.6) is 0 Å². The van der Waals surface area contributed by atoms with Gasteiger partial charge in [-0.15, -0.1) is 0 Å². The molecule has 0 bridgehead atoms. The van der Waals surface area contributed by atoms with E-state index >= 15 is 0 Å². The minimum atomic E-state index is -3.65. The van der Waals surface area contributed by atoms with Crippen LogP contribution in [0.1, 0.15) is 24.8 Å². The third-order valence-corrected chi connectivity index (χ3v) is 4.73. The quantitative estimate of drug-likeness (QED) is 0.808. The van der Waals surface area contributed by atoms with Crippen molar-refractivity contribution in [2.75, 3.05) is 19.8 Å². The monoisotopic (exact) mass is 326 g/mol. The van der Waals surface area contributed by atoms with Crippen LogP contribution in [0.4, 0.5) is 0 Å². The number of rotatable bonds is 6. The van der Waals surface area contributed by atoms with Crippen molar-refractivity contribution in [2.24, 2.45) is 11.1 Å². The van der Waals surface area contributed by atoms with Crippen LogP contribution >= 0.6 is 0 Å². The second-order valence-corrected chi connectivity index (χ2v) is 7.11. The highest BCUT2D eigenvalue weighted by molar-refractivity contribution is 7.89. The lowest BCUT2D eigenvalue weighted by Crippen LogP contribution is -2.29. The lowest BCUT2D eigenvalue weighted by molar-refractivity contribution is -0.122. The molecule has 1 aliphatic heterocycles. The zero-order valence-electron chi connectivity index (χ0n) is 12.5. The highest BCUT2D eigenvalue weighted by Crippen LogP contribution is 2.18. The van der Waals surface area contributed by atoms with Gasteiger partial charge in [0.2, 0.25) is 15.9 Å². The van der Waals surface area contributed by atoms with Gasteiger partial charge in [0.05, 0.1) is 4.90 Å². The minimum absolute atomic E-state index is 0.0630. The van der Waals surface area contributed by atoms with Gasteiger partial charge in [0.15, 0.2) is 0 Å². The number of sulfonamides is 1. The zero-order chi connectivity index (χ0) is 16.0. The normalized spacial score (nSPS) is 16.4. The van der Waals surface area contributed by atoms with Gasteiger partial charge in [0, 0.05) is 26.2 Å². The standard InChI is InChI=1S/C15H22N2O4S/c16-22(19,20)14-3-1-12(2-4-14)5-8-17-15(18)11-13-6-9-21-10-7-13/h1-4,13H,5-11H2,(H,17,18)(H2,16,19,20). The van der Waals surface area contributed by atoms with E-state index < -0.39 is 10.0 Å². The van der Waals surface area contributed by atoms with E-state index in [0.717, 1.165) is 31.6 Å². The van der Waals surface area contributed by atoms with Crippen LogP contribution in [0.3, 0.4) is 0 Å². The van der Waals surface area contributed by atoms with Crippen LogP contribution in [0.15, 0.2) is 29.2 Å². The highest BCUT2D eigenvalue weighted by atomic mass is 32.2. The zero-order valence-corrected chi connectivity index (χ0v) is 13.3. The molecule has 2 rings (SSSR count). The number of hydrogen-bond acceptors (Lipinski definition) is 4. The Kier molecular flexibility index (Phi) is 5.93. The number of benzene rings is 1. The van der Waals surface area contributed by atoms with Crippen molar-refractivity contribution >= 4 is 15.9 Å². The number of carbonyl (C=O) groups excluding carboxylic acids is 1. The van der Waals surface area contributed by atoms with E-state index in [1.807, 2.05) is 0 Å². The summed E-state index contributed by atoms with van der Waals surface area (Å²) in [7, 11) is -3.65. The molecular formula is C15H22N2O4S. The fourth-order valence-corrected chi connectivity index (χ4v) is 2.99. The molecule has 0 saturated carbocycles. The third-order valence-electron chi connectivity index (χ3n) is 3.80. The van der Waals surface area contributed by atoms with Crippen molar-refractivity contribution in [3.05, 3.63) is 29.8 Å². The Bertz CT molecular complexity index is 592. The average Bonchev–Trinajstić information content (AvgIpc) is 2.48. The van der Waals surface area contributed by atoms with Crippen molar-refractivity contribution in [2.45, 2.75) is 30.6 Å². The molecule has 0 aromatic heterocycles. The maximum absolute atomic E-state index is 11.8. The van der Waals surface area contributed by atoms with E-state index in [9.17, 15) is 13.2 Å². The van der Waals surface area contributed by atoms with Gasteiger partial charge in [0.25, 0.3) is 0 Å². The molecule has 22 heavy (non-hydrogen) atoms. The Hall–Kier alpha value is -1.44. The molecule has 1 aromatic rings. The highest BCUT2D eigenvalue weighted by Gasteiger charge is 2.17. The average molecular weight is 326 g/mol. The molecule has 0 radical (unpaired) electrons. The summed E-state index contributed by atoms with van der Waals surface area (Å²) in [4.78, 5) is 11.9. The number of carbonyl (C=O) groups is 1. The van der Waals surface area contributed by atoms with Crippen molar-refractivity contribution in [3.8, 4) is 0 Å². The van der Waals surface area contributed by atoms with Crippen molar-refractivity contribution in [1.82, 2.24) is 5.32 Å². The maximum atomic E-state index is 11.8. The minimum Gasteiger partial charge on any atom is -0.381 e. The van der Waals surface area contributed by atoms with Crippen LogP contribution in [-0.4, -0.2) is 34.1 Å².